The molecule has 1 saturated carbocycles. The highest BCUT2D eigenvalue weighted by Gasteiger charge is 2.43. The molecule has 1 aliphatic heterocycles. The van der Waals surface area contributed by atoms with E-state index in [0.717, 1.165) is 38.6 Å². The van der Waals surface area contributed by atoms with Crippen LogP contribution in [0.5, 0.6) is 0 Å². The zero-order valence-electron chi connectivity index (χ0n) is 12.3. The van der Waals surface area contributed by atoms with Gasteiger partial charge in [-0.15, -0.1) is 5.10 Å². The Hall–Kier alpha value is -1.50. The number of hydrogen-bond acceptors (Lipinski definition) is 5. The lowest BCUT2D eigenvalue weighted by Crippen LogP contribution is -2.54. The van der Waals surface area contributed by atoms with Gasteiger partial charge >= 0.3 is 0 Å². The number of hydrogen-bond donors (Lipinski definition) is 1. The molecule has 7 heteroatoms. The molecule has 2 atom stereocenters. The maximum absolute atomic E-state index is 12.3. The van der Waals surface area contributed by atoms with E-state index in [9.17, 15) is 9.90 Å². The minimum Gasteiger partial charge on any atom is -0.389 e. The van der Waals surface area contributed by atoms with E-state index in [1.54, 1.807) is 11.0 Å². The molecule has 2 fully saturated rings. The average Bonchev–Trinajstić information content (AvgIpc) is 2.99. The summed E-state index contributed by atoms with van der Waals surface area (Å²) in [4.78, 5) is 14.2. The number of rotatable bonds is 4. The molecule has 3 rings (SSSR count). The van der Waals surface area contributed by atoms with Gasteiger partial charge in [-0.05, 0) is 36.1 Å². The summed E-state index contributed by atoms with van der Waals surface area (Å²) >= 11 is 0. The van der Waals surface area contributed by atoms with Crippen LogP contribution in [0.25, 0.3) is 0 Å². The zero-order chi connectivity index (χ0) is 14.7. The van der Waals surface area contributed by atoms with Crippen molar-refractivity contribution in [3.8, 4) is 0 Å². The molecule has 21 heavy (non-hydrogen) atoms. The smallest absolute Gasteiger partial charge is 0.222 e. The molecule has 1 amide bonds. The van der Waals surface area contributed by atoms with Crippen LogP contribution in [0.4, 0.5) is 0 Å². The van der Waals surface area contributed by atoms with E-state index in [0.29, 0.717) is 19.5 Å². The van der Waals surface area contributed by atoms with E-state index in [4.69, 9.17) is 0 Å². The van der Waals surface area contributed by atoms with Crippen molar-refractivity contribution in [2.24, 2.45) is 5.92 Å². The Kier molecular flexibility index (Phi) is 4.19. The molecule has 1 aromatic heterocycles. The van der Waals surface area contributed by atoms with Crippen molar-refractivity contribution in [2.45, 2.75) is 57.1 Å². The summed E-state index contributed by atoms with van der Waals surface area (Å²) in [5.74, 6) is 0.458. The first-order chi connectivity index (χ1) is 10.2. The summed E-state index contributed by atoms with van der Waals surface area (Å²) in [6, 6.07) is 0. The quantitative estimate of drug-likeness (QED) is 0.879. The van der Waals surface area contributed by atoms with Crippen LogP contribution in [0.3, 0.4) is 0 Å². The highest BCUT2D eigenvalue weighted by atomic mass is 16.3. The van der Waals surface area contributed by atoms with E-state index >= 15 is 0 Å². The number of fused-ring (bicyclic) bond motifs is 1. The van der Waals surface area contributed by atoms with Crippen molar-refractivity contribution >= 4 is 5.91 Å². The lowest BCUT2D eigenvalue weighted by atomic mass is 9.71. The normalized spacial score (nSPS) is 29.2. The van der Waals surface area contributed by atoms with Crippen LogP contribution in [0.15, 0.2) is 6.33 Å². The fourth-order valence-electron chi connectivity index (χ4n) is 3.63. The lowest BCUT2D eigenvalue weighted by molar-refractivity contribution is -0.143. The molecule has 2 heterocycles. The molecular formula is C14H23N5O2. The third kappa shape index (κ3) is 3.23. The first kappa shape index (κ1) is 14.4. The predicted octanol–water partition coefficient (Wildman–Crippen LogP) is 0.607. The molecule has 1 saturated heterocycles. The number of aromatic nitrogens is 4. The Morgan fingerprint density at radius 3 is 3.10 bits per heavy atom. The van der Waals surface area contributed by atoms with E-state index in [2.05, 4.69) is 15.5 Å². The Bertz CT molecular complexity index is 478. The van der Waals surface area contributed by atoms with Gasteiger partial charge in [0.2, 0.25) is 5.91 Å². The van der Waals surface area contributed by atoms with Gasteiger partial charge in [0.1, 0.15) is 6.33 Å². The third-order valence-corrected chi connectivity index (χ3v) is 4.95. The first-order valence-electron chi connectivity index (χ1n) is 7.88. The topological polar surface area (TPSA) is 84.1 Å². The molecule has 0 aromatic carbocycles. The molecule has 0 bridgehead atoms. The third-order valence-electron chi connectivity index (χ3n) is 4.95. The van der Waals surface area contributed by atoms with Gasteiger partial charge in [-0.3, -0.25) is 4.79 Å². The molecule has 1 aromatic rings. The fraction of sp³-hybridized carbons (Fsp3) is 0.857. The molecule has 1 aliphatic carbocycles. The van der Waals surface area contributed by atoms with E-state index in [1.165, 1.54) is 6.42 Å². The van der Waals surface area contributed by atoms with Crippen molar-refractivity contribution in [3.63, 3.8) is 0 Å². The molecule has 2 aliphatic rings. The second-order valence-corrected chi connectivity index (χ2v) is 6.31. The van der Waals surface area contributed by atoms with Crippen molar-refractivity contribution < 1.29 is 9.90 Å². The minimum absolute atomic E-state index is 0.190. The van der Waals surface area contributed by atoms with Crippen molar-refractivity contribution in [1.82, 2.24) is 25.1 Å². The van der Waals surface area contributed by atoms with Crippen molar-refractivity contribution in [3.05, 3.63) is 6.33 Å². The van der Waals surface area contributed by atoms with Gasteiger partial charge in [-0.2, -0.15) is 0 Å². The van der Waals surface area contributed by atoms with Crippen LogP contribution in [-0.2, 0) is 11.3 Å². The lowest BCUT2D eigenvalue weighted by Gasteiger charge is -2.47. The number of amides is 1. The zero-order valence-corrected chi connectivity index (χ0v) is 12.3. The fourth-order valence-corrected chi connectivity index (χ4v) is 3.63. The van der Waals surface area contributed by atoms with E-state index < -0.39 is 5.60 Å². The van der Waals surface area contributed by atoms with Gasteiger partial charge in [-0.1, -0.05) is 12.8 Å². The summed E-state index contributed by atoms with van der Waals surface area (Å²) in [5, 5.41) is 21.6. The summed E-state index contributed by atoms with van der Waals surface area (Å²) in [7, 11) is 0. The number of nitrogens with zero attached hydrogens (tertiary/aromatic N) is 5. The molecule has 7 nitrogen and oxygen atoms in total. The van der Waals surface area contributed by atoms with E-state index in [1.807, 2.05) is 4.90 Å². The Labute approximate surface area is 124 Å². The monoisotopic (exact) mass is 293 g/mol. The summed E-state index contributed by atoms with van der Waals surface area (Å²) < 4.78 is 1.64. The number of carbonyl (C=O) groups excluding carboxylic acids is 1. The van der Waals surface area contributed by atoms with Crippen LogP contribution < -0.4 is 0 Å². The van der Waals surface area contributed by atoms with Gasteiger partial charge in [0, 0.05) is 32.0 Å². The predicted molar refractivity (Wildman–Crippen MR) is 75.2 cm³/mol. The average molecular weight is 293 g/mol. The number of likely N-dealkylation sites (tertiary alicyclic amines) is 1. The molecule has 0 radical (unpaired) electrons. The number of aryl methyl sites for hydroxylation is 1. The van der Waals surface area contributed by atoms with Crippen LogP contribution in [0.2, 0.25) is 0 Å². The highest BCUT2D eigenvalue weighted by Crippen LogP contribution is 2.39. The van der Waals surface area contributed by atoms with Crippen molar-refractivity contribution in [2.75, 3.05) is 13.1 Å². The summed E-state index contributed by atoms with van der Waals surface area (Å²) in [6.45, 7) is 2.08. The van der Waals surface area contributed by atoms with Crippen LogP contribution >= 0.6 is 0 Å². The maximum atomic E-state index is 12.3. The summed E-state index contributed by atoms with van der Waals surface area (Å²) in [6.07, 6.45) is 7.80. The van der Waals surface area contributed by atoms with Crippen molar-refractivity contribution in [1.29, 1.82) is 0 Å². The standard InChI is InChI=1S/C14H23N5O2/c20-13(5-3-8-19-11-15-16-17-19)18-9-7-14(21)6-2-1-4-12(14)10-18/h11-12,21H,1-10H2/t12-,14+/m0/s1. The second kappa shape index (κ2) is 6.09. The Balaban J connectivity index is 1.47. The van der Waals surface area contributed by atoms with Gasteiger partial charge in [0.25, 0.3) is 0 Å². The molecule has 116 valence electrons. The molecular weight excluding hydrogens is 270 g/mol. The van der Waals surface area contributed by atoms with Gasteiger partial charge in [-0.25, -0.2) is 4.68 Å². The number of tetrazole rings is 1. The van der Waals surface area contributed by atoms with E-state index in [-0.39, 0.29) is 11.8 Å². The van der Waals surface area contributed by atoms with Crippen LogP contribution in [0, 0.1) is 5.92 Å². The largest absolute Gasteiger partial charge is 0.389 e. The number of carbonyl (C=O) groups is 1. The van der Waals surface area contributed by atoms with Crippen LogP contribution in [0.1, 0.15) is 44.9 Å². The highest BCUT2D eigenvalue weighted by molar-refractivity contribution is 5.76. The van der Waals surface area contributed by atoms with Crippen LogP contribution in [-0.4, -0.2) is 54.8 Å². The van der Waals surface area contributed by atoms with Gasteiger partial charge < -0.3 is 10.0 Å². The minimum atomic E-state index is -0.512. The second-order valence-electron chi connectivity index (χ2n) is 6.31. The SMILES string of the molecule is O=C(CCCn1cnnn1)N1CC[C@]2(O)CCCC[C@H]2C1. The summed E-state index contributed by atoms with van der Waals surface area (Å²) in [5.41, 5.74) is -0.512. The Morgan fingerprint density at radius 2 is 2.29 bits per heavy atom. The molecule has 0 spiro atoms. The molecule has 0 unspecified atom stereocenters. The number of aliphatic hydroxyl groups is 1. The van der Waals surface area contributed by atoms with Gasteiger partial charge in [0.05, 0.1) is 5.60 Å². The molecule has 1 N–H and O–H groups in total. The Morgan fingerprint density at radius 1 is 1.38 bits per heavy atom. The van der Waals surface area contributed by atoms with Gasteiger partial charge in [0.15, 0.2) is 0 Å². The maximum Gasteiger partial charge on any atom is 0.222 e. The number of piperidine rings is 1. The first-order valence-corrected chi connectivity index (χ1v) is 7.88.